The summed E-state index contributed by atoms with van der Waals surface area (Å²) in [6.07, 6.45) is -1.07. The molecule has 0 aliphatic rings. The lowest BCUT2D eigenvalue weighted by Crippen LogP contribution is -2.32. The van der Waals surface area contributed by atoms with Crippen LogP contribution in [-0.4, -0.2) is 36.2 Å². The van der Waals surface area contributed by atoms with E-state index in [9.17, 15) is 8.78 Å². The summed E-state index contributed by atoms with van der Waals surface area (Å²) in [6.45, 7) is 1.17. The number of alkyl halides is 2. The van der Waals surface area contributed by atoms with E-state index < -0.39 is 13.0 Å². The molecule has 0 saturated heterocycles. The van der Waals surface area contributed by atoms with Crippen LogP contribution in [0.4, 0.5) is 20.3 Å². The molecule has 0 amide bonds. The van der Waals surface area contributed by atoms with Crippen molar-refractivity contribution in [2.45, 2.75) is 13.3 Å². The first-order valence-electron chi connectivity index (χ1n) is 5.02. The summed E-state index contributed by atoms with van der Waals surface area (Å²) in [4.78, 5) is 5.34. The number of rotatable bonds is 5. The van der Waals surface area contributed by atoms with Crippen molar-refractivity contribution in [1.29, 1.82) is 0 Å². The largest absolute Gasteiger partial charge is 0.397 e. The van der Waals surface area contributed by atoms with Gasteiger partial charge in [-0.1, -0.05) is 0 Å². The van der Waals surface area contributed by atoms with Gasteiger partial charge in [-0.15, -0.1) is 0 Å². The summed E-state index contributed by atoms with van der Waals surface area (Å²) < 4.78 is 25.4. The fraction of sp³-hybridized carbons (Fsp3) is 0.500. The number of nitrogens with two attached hydrogens (primary N) is 1. The fourth-order valence-corrected chi connectivity index (χ4v) is 1.95. The minimum absolute atomic E-state index is 0.0965. The summed E-state index contributed by atoms with van der Waals surface area (Å²) in [5, 5.41) is 8.87. The van der Waals surface area contributed by atoms with Crippen LogP contribution in [0.15, 0.2) is 10.7 Å². The van der Waals surface area contributed by atoms with Gasteiger partial charge in [0.15, 0.2) is 0 Å². The predicted molar refractivity (Wildman–Crippen MR) is 66.4 cm³/mol. The van der Waals surface area contributed by atoms with Crippen LogP contribution in [0.2, 0.25) is 0 Å². The molecule has 1 heterocycles. The van der Waals surface area contributed by atoms with Gasteiger partial charge >= 0.3 is 0 Å². The van der Waals surface area contributed by atoms with Crippen molar-refractivity contribution in [3.63, 3.8) is 0 Å². The lowest BCUT2D eigenvalue weighted by atomic mass is 10.2. The number of aliphatic hydroxyl groups is 1. The Morgan fingerprint density at radius 1 is 1.59 bits per heavy atom. The Labute approximate surface area is 107 Å². The van der Waals surface area contributed by atoms with E-state index in [0.717, 1.165) is 5.56 Å². The van der Waals surface area contributed by atoms with Crippen LogP contribution in [0, 0.1) is 6.92 Å². The molecule has 0 fully saturated rings. The summed E-state index contributed by atoms with van der Waals surface area (Å²) in [5.74, 6) is 0.367. The number of nitrogens with zero attached hydrogens (tertiary/aromatic N) is 2. The summed E-state index contributed by atoms with van der Waals surface area (Å²) in [6, 6.07) is 0. The molecule has 0 aliphatic heterocycles. The molecule has 7 heteroatoms. The van der Waals surface area contributed by atoms with Crippen molar-refractivity contribution < 1.29 is 13.9 Å². The van der Waals surface area contributed by atoms with Crippen LogP contribution >= 0.6 is 15.9 Å². The first-order valence-corrected chi connectivity index (χ1v) is 5.81. The van der Waals surface area contributed by atoms with Gasteiger partial charge in [0.25, 0.3) is 6.43 Å². The average molecular weight is 310 g/mol. The molecule has 0 atom stereocenters. The van der Waals surface area contributed by atoms with E-state index >= 15 is 0 Å². The molecule has 0 radical (unpaired) electrons. The Morgan fingerprint density at radius 3 is 2.76 bits per heavy atom. The van der Waals surface area contributed by atoms with Gasteiger partial charge in [0.2, 0.25) is 0 Å². The Balaban J connectivity index is 3.05. The number of anilines is 2. The highest BCUT2D eigenvalue weighted by molar-refractivity contribution is 9.10. The van der Waals surface area contributed by atoms with Crippen molar-refractivity contribution in [2.75, 3.05) is 30.3 Å². The van der Waals surface area contributed by atoms with E-state index in [2.05, 4.69) is 20.9 Å². The zero-order valence-electron chi connectivity index (χ0n) is 9.33. The minimum Gasteiger partial charge on any atom is -0.397 e. The van der Waals surface area contributed by atoms with E-state index in [-0.39, 0.29) is 13.2 Å². The van der Waals surface area contributed by atoms with E-state index in [1.165, 1.54) is 11.1 Å². The van der Waals surface area contributed by atoms with Crippen LogP contribution in [0.3, 0.4) is 0 Å². The maximum Gasteiger partial charge on any atom is 0.255 e. The van der Waals surface area contributed by atoms with Crippen LogP contribution in [0.25, 0.3) is 0 Å². The van der Waals surface area contributed by atoms with Gasteiger partial charge in [-0.05, 0) is 28.4 Å². The third kappa shape index (κ3) is 3.50. The molecule has 1 aromatic rings. The zero-order valence-corrected chi connectivity index (χ0v) is 10.9. The minimum atomic E-state index is -2.49. The monoisotopic (exact) mass is 309 g/mol. The van der Waals surface area contributed by atoms with Crippen molar-refractivity contribution in [3.05, 3.63) is 16.2 Å². The van der Waals surface area contributed by atoms with E-state index in [1.54, 1.807) is 6.92 Å². The van der Waals surface area contributed by atoms with E-state index in [1.807, 2.05) is 0 Å². The normalized spacial score (nSPS) is 10.9. The predicted octanol–water partition coefficient (Wildman–Crippen LogP) is 1.80. The van der Waals surface area contributed by atoms with Crippen molar-refractivity contribution >= 4 is 27.4 Å². The average Bonchev–Trinajstić information content (AvgIpc) is 2.25. The number of aromatic nitrogens is 1. The number of hydrogen-bond donors (Lipinski definition) is 2. The second-order valence-electron chi connectivity index (χ2n) is 3.54. The number of nitrogen functional groups attached to an aromatic ring is 1. The number of hydrogen-bond acceptors (Lipinski definition) is 4. The molecule has 0 bridgehead atoms. The van der Waals surface area contributed by atoms with Crippen LogP contribution < -0.4 is 10.6 Å². The summed E-state index contributed by atoms with van der Waals surface area (Å²) >= 11 is 3.28. The first kappa shape index (κ1) is 14.1. The van der Waals surface area contributed by atoms with E-state index in [0.29, 0.717) is 16.0 Å². The van der Waals surface area contributed by atoms with Gasteiger partial charge in [-0.3, -0.25) is 0 Å². The Hall–Kier alpha value is -0.950. The second kappa shape index (κ2) is 6.11. The number of aliphatic hydroxyl groups excluding tert-OH is 1. The molecule has 96 valence electrons. The topological polar surface area (TPSA) is 62.4 Å². The highest BCUT2D eigenvalue weighted by Crippen LogP contribution is 2.30. The molecule has 3 N–H and O–H groups in total. The smallest absolute Gasteiger partial charge is 0.255 e. The Morgan fingerprint density at radius 2 is 2.24 bits per heavy atom. The molecule has 0 saturated carbocycles. The second-order valence-corrected chi connectivity index (χ2v) is 4.33. The lowest BCUT2D eigenvalue weighted by Gasteiger charge is -2.24. The van der Waals surface area contributed by atoms with Gasteiger partial charge in [0.05, 0.1) is 29.5 Å². The maximum absolute atomic E-state index is 12.4. The molecule has 1 rings (SSSR count). The first-order chi connectivity index (χ1) is 7.97. The molecule has 17 heavy (non-hydrogen) atoms. The number of halogens is 3. The fourth-order valence-electron chi connectivity index (χ4n) is 1.37. The SMILES string of the molecule is Cc1c(N)cnc(N(CCO)CC(F)F)c1Br. The summed E-state index contributed by atoms with van der Waals surface area (Å²) in [7, 11) is 0. The Bertz CT molecular complexity index is 390. The molecule has 4 nitrogen and oxygen atoms in total. The molecule has 0 aliphatic carbocycles. The van der Waals surface area contributed by atoms with E-state index in [4.69, 9.17) is 10.8 Å². The lowest BCUT2D eigenvalue weighted by molar-refractivity contribution is 0.152. The molecular weight excluding hydrogens is 296 g/mol. The highest BCUT2D eigenvalue weighted by Gasteiger charge is 2.18. The molecule has 1 aromatic heterocycles. The van der Waals surface area contributed by atoms with Crippen LogP contribution in [-0.2, 0) is 0 Å². The van der Waals surface area contributed by atoms with Crippen molar-refractivity contribution in [1.82, 2.24) is 4.98 Å². The third-order valence-corrected chi connectivity index (χ3v) is 3.26. The molecule has 0 spiro atoms. The quantitative estimate of drug-likeness (QED) is 0.870. The Kier molecular flexibility index (Phi) is 5.07. The van der Waals surface area contributed by atoms with Gasteiger partial charge in [-0.25, -0.2) is 13.8 Å². The van der Waals surface area contributed by atoms with Gasteiger partial charge in [0, 0.05) is 6.54 Å². The van der Waals surface area contributed by atoms with Crippen molar-refractivity contribution in [2.24, 2.45) is 0 Å². The molecular formula is C10H14BrF2N3O. The van der Waals surface area contributed by atoms with Gasteiger partial charge in [-0.2, -0.15) is 0 Å². The van der Waals surface area contributed by atoms with Crippen LogP contribution in [0.5, 0.6) is 0 Å². The summed E-state index contributed by atoms with van der Waals surface area (Å²) in [5.41, 5.74) is 6.89. The molecule has 0 unspecified atom stereocenters. The van der Waals surface area contributed by atoms with Crippen molar-refractivity contribution in [3.8, 4) is 0 Å². The standard InChI is InChI=1S/C10H14BrF2N3O/c1-6-7(14)4-15-10(9(6)11)16(2-3-17)5-8(12)13/h4,8,17H,2-3,5,14H2,1H3. The molecule has 0 aromatic carbocycles. The maximum atomic E-state index is 12.4. The highest BCUT2D eigenvalue weighted by atomic mass is 79.9. The van der Waals surface area contributed by atoms with Gasteiger partial charge in [0.1, 0.15) is 5.82 Å². The van der Waals surface area contributed by atoms with Gasteiger partial charge < -0.3 is 15.7 Å². The van der Waals surface area contributed by atoms with Crippen LogP contribution in [0.1, 0.15) is 5.56 Å². The zero-order chi connectivity index (χ0) is 13.0. The third-order valence-electron chi connectivity index (χ3n) is 2.31. The number of pyridine rings is 1.